The zero-order valence-electron chi connectivity index (χ0n) is 15.3. The third kappa shape index (κ3) is 6.20. The summed E-state index contributed by atoms with van der Waals surface area (Å²) in [6, 6.07) is 14.8. The van der Waals surface area contributed by atoms with E-state index in [-0.39, 0.29) is 10.1 Å². The number of nitrogens with one attached hydrogen (secondary N) is 1. The average molecular weight is 430 g/mol. The highest BCUT2D eigenvalue weighted by Crippen LogP contribution is 2.23. The maximum Gasteiger partial charge on any atom is 0.331 e. The van der Waals surface area contributed by atoms with Crippen molar-refractivity contribution in [2.75, 3.05) is 7.11 Å². The topological polar surface area (TPSA) is 89.3 Å². The molecule has 0 aromatic heterocycles. The molecule has 3 rings (SSSR count). The molecule has 1 heterocycles. The number of rotatable bonds is 6. The van der Waals surface area contributed by atoms with E-state index in [1.807, 2.05) is 48.5 Å². The first kappa shape index (κ1) is 20.6. The van der Waals surface area contributed by atoms with Gasteiger partial charge in [0.15, 0.2) is 5.17 Å². The molecule has 1 saturated heterocycles. The van der Waals surface area contributed by atoms with Gasteiger partial charge in [-0.1, -0.05) is 35.9 Å². The molecule has 1 amide bonds. The smallest absolute Gasteiger partial charge is 0.331 e. The summed E-state index contributed by atoms with van der Waals surface area (Å²) in [4.78, 5) is 23.2. The van der Waals surface area contributed by atoms with E-state index in [0.29, 0.717) is 17.4 Å². The summed E-state index contributed by atoms with van der Waals surface area (Å²) in [6.45, 7) is 0.390. The van der Waals surface area contributed by atoms with Gasteiger partial charge in [0.05, 0.1) is 18.2 Å². The van der Waals surface area contributed by atoms with E-state index in [1.54, 1.807) is 0 Å². The van der Waals surface area contributed by atoms with Crippen molar-refractivity contribution in [1.29, 1.82) is 0 Å². The third-order valence-electron chi connectivity index (χ3n) is 3.61. The fourth-order valence-corrected chi connectivity index (χ4v) is 3.22. The molecular weight excluding hydrogens is 414 g/mol. The van der Waals surface area contributed by atoms with Crippen molar-refractivity contribution < 1.29 is 19.1 Å². The van der Waals surface area contributed by atoms with Gasteiger partial charge in [-0.2, -0.15) is 5.10 Å². The number of halogens is 1. The molecule has 1 aliphatic rings. The first-order valence-electron chi connectivity index (χ1n) is 8.40. The van der Waals surface area contributed by atoms with E-state index < -0.39 is 11.9 Å². The Balaban J connectivity index is 1.60. The number of ether oxygens (including phenoxy) is 2. The molecule has 0 radical (unpaired) electrons. The molecule has 0 atom stereocenters. The number of thioether (sulfide) groups is 1. The van der Waals surface area contributed by atoms with Crippen molar-refractivity contribution in [2.24, 2.45) is 10.2 Å². The van der Waals surface area contributed by atoms with Crippen LogP contribution in [0.25, 0.3) is 0 Å². The van der Waals surface area contributed by atoms with Crippen LogP contribution in [-0.4, -0.2) is 30.4 Å². The number of hydrogen-bond donors (Lipinski definition) is 1. The molecule has 2 aromatic carbocycles. The van der Waals surface area contributed by atoms with Gasteiger partial charge in [-0.05, 0) is 47.2 Å². The Kier molecular flexibility index (Phi) is 7.04. The normalized spacial score (nSPS) is 16.4. The maximum atomic E-state index is 11.8. The van der Waals surface area contributed by atoms with Crippen molar-refractivity contribution in [1.82, 2.24) is 5.32 Å². The van der Waals surface area contributed by atoms with E-state index in [9.17, 15) is 9.59 Å². The summed E-state index contributed by atoms with van der Waals surface area (Å²) < 4.78 is 10.3. The molecule has 0 saturated carbocycles. The van der Waals surface area contributed by atoms with Crippen LogP contribution in [0.1, 0.15) is 11.1 Å². The van der Waals surface area contributed by atoms with E-state index in [2.05, 4.69) is 20.3 Å². The van der Waals surface area contributed by atoms with Gasteiger partial charge < -0.3 is 9.47 Å². The van der Waals surface area contributed by atoms with Crippen LogP contribution < -0.4 is 10.1 Å². The van der Waals surface area contributed by atoms with E-state index in [0.717, 1.165) is 29.0 Å². The predicted octanol–water partition coefficient (Wildman–Crippen LogP) is 3.53. The van der Waals surface area contributed by atoms with Crippen molar-refractivity contribution in [2.45, 2.75) is 6.61 Å². The van der Waals surface area contributed by atoms with Gasteiger partial charge in [-0.3, -0.25) is 10.1 Å². The zero-order chi connectivity index (χ0) is 20.6. The fraction of sp³-hybridized carbons (Fsp3) is 0.100. The first-order valence-corrected chi connectivity index (χ1v) is 9.60. The fourth-order valence-electron chi connectivity index (χ4n) is 2.27. The summed E-state index contributed by atoms with van der Waals surface area (Å²) in [5.74, 6) is -0.360. The highest BCUT2D eigenvalue weighted by atomic mass is 35.5. The number of hydrogen-bond acceptors (Lipinski definition) is 7. The van der Waals surface area contributed by atoms with Crippen LogP contribution in [0.5, 0.6) is 5.75 Å². The lowest BCUT2D eigenvalue weighted by molar-refractivity contribution is -0.135. The average Bonchev–Trinajstić information content (AvgIpc) is 3.06. The SMILES string of the molecule is COC(=O)/C=C1/S/C(=N\N=Cc2cccc(OCc3cccc(Cl)c3)c2)NC1=O. The second-order valence-electron chi connectivity index (χ2n) is 5.73. The molecule has 7 nitrogen and oxygen atoms in total. The molecule has 148 valence electrons. The monoisotopic (exact) mass is 429 g/mol. The van der Waals surface area contributed by atoms with Crippen LogP contribution in [0.3, 0.4) is 0 Å². The van der Waals surface area contributed by atoms with Crippen LogP contribution in [0, 0.1) is 0 Å². The number of carbonyl (C=O) groups excluding carboxylic acids is 2. The van der Waals surface area contributed by atoms with E-state index in [1.165, 1.54) is 13.3 Å². The van der Waals surface area contributed by atoms with Crippen LogP contribution in [0.4, 0.5) is 0 Å². The second kappa shape index (κ2) is 9.90. The van der Waals surface area contributed by atoms with Gasteiger partial charge >= 0.3 is 5.97 Å². The minimum atomic E-state index is -0.609. The molecule has 1 aliphatic heterocycles. The van der Waals surface area contributed by atoms with Crippen molar-refractivity contribution in [3.63, 3.8) is 0 Å². The van der Waals surface area contributed by atoms with Gasteiger partial charge in [0.1, 0.15) is 12.4 Å². The van der Waals surface area contributed by atoms with Gasteiger partial charge in [-0.25, -0.2) is 4.79 Å². The molecule has 0 bridgehead atoms. The number of amidine groups is 1. The summed E-state index contributed by atoms with van der Waals surface area (Å²) >= 11 is 6.98. The first-order chi connectivity index (χ1) is 14.0. The van der Waals surface area contributed by atoms with Crippen molar-refractivity contribution in [3.8, 4) is 5.75 Å². The highest BCUT2D eigenvalue weighted by molar-refractivity contribution is 8.18. The van der Waals surface area contributed by atoms with Crippen LogP contribution >= 0.6 is 23.4 Å². The van der Waals surface area contributed by atoms with Gasteiger partial charge in [-0.15, -0.1) is 5.10 Å². The Morgan fingerprint density at radius 3 is 2.86 bits per heavy atom. The lowest BCUT2D eigenvalue weighted by atomic mass is 10.2. The largest absolute Gasteiger partial charge is 0.489 e. The Morgan fingerprint density at radius 1 is 1.24 bits per heavy atom. The lowest BCUT2D eigenvalue weighted by Crippen LogP contribution is -2.19. The molecule has 0 spiro atoms. The van der Waals surface area contributed by atoms with Gasteiger partial charge in [0.25, 0.3) is 5.91 Å². The molecule has 29 heavy (non-hydrogen) atoms. The highest BCUT2D eigenvalue weighted by Gasteiger charge is 2.24. The van der Waals surface area contributed by atoms with Gasteiger partial charge in [0, 0.05) is 11.1 Å². The van der Waals surface area contributed by atoms with Crippen molar-refractivity contribution in [3.05, 3.63) is 75.7 Å². The molecule has 0 aliphatic carbocycles. The number of esters is 1. The summed E-state index contributed by atoms with van der Waals surface area (Å²) in [5, 5.41) is 11.4. The van der Waals surface area contributed by atoms with E-state index in [4.69, 9.17) is 16.3 Å². The number of nitrogens with zero attached hydrogens (tertiary/aromatic N) is 2. The summed E-state index contributed by atoms with van der Waals surface area (Å²) in [5.41, 5.74) is 1.74. The van der Waals surface area contributed by atoms with Crippen molar-refractivity contribution >= 4 is 46.6 Å². The zero-order valence-corrected chi connectivity index (χ0v) is 16.9. The molecular formula is C20H16ClN3O4S. The minimum absolute atomic E-state index is 0.196. The number of carbonyl (C=O) groups is 2. The molecule has 1 fully saturated rings. The predicted molar refractivity (Wildman–Crippen MR) is 113 cm³/mol. The Morgan fingerprint density at radius 2 is 2.07 bits per heavy atom. The molecule has 9 heteroatoms. The third-order valence-corrected chi connectivity index (χ3v) is 4.74. The number of benzene rings is 2. The minimum Gasteiger partial charge on any atom is -0.489 e. The van der Waals surface area contributed by atoms with Crippen LogP contribution in [0.15, 0.2) is 69.7 Å². The Hall–Kier alpha value is -3.10. The molecule has 2 aromatic rings. The van der Waals surface area contributed by atoms with Crippen LogP contribution in [0.2, 0.25) is 5.02 Å². The Labute approximate surface area is 176 Å². The number of amides is 1. The standard InChI is InChI=1S/C20H16ClN3O4S/c1-27-18(25)10-17-19(26)23-20(29-17)24-22-11-13-4-3-7-16(9-13)28-12-14-5-2-6-15(21)8-14/h2-11H,12H2,1H3,(H,23,24,26)/b17-10+,22-11?. The van der Waals surface area contributed by atoms with Crippen LogP contribution in [-0.2, 0) is 20.9 Å². The quantitative estimate of drug-likeness (QED) is 0.328. The summed E-state index contributed by atoms with van der Waals surface area (Å²) in [6.07, 6.45) is 2.64. The number of methoxy groups -OCH3 is 1. The molecule has 1 N–H and O–H groups in total. The molecule has 0 unspecified atom stereocenters. The Bertz CT molecular complexity index is 1020. The van der Waals surface area contributed by atoms with Gasteiger partial charge in [0.2, 0.25) is 0 Å². The van der Waals surface area contributed by atoms with E-state index >= 15 is 0 Å². The second-order valence-corrected chi connectivity index (χ2v) is 7.20. The summed E-state index contributed by atoms with van der Waals surface area (Å²) in [7, 11) is 1.24. The lowest BCUT2D eigenvalue weighted by Gasteiger charge is -2.07. The maximum absolute atomic E-state index is 11.8.